The number of rotatable bonds is 3. The predicted molar refractivity (Wildman–Crippen MR) is 68.8 cm³/mol. The largest absolute Gasteiger partial charge is 0.416 e. The van der Waals surface area contributed by atoms with Crippen LogP contribution in [0.15, 0.2) is 24.3 Å². The lowest BCUT2D eigenvalue weighted by Crippen LogP contribution is -2.24. The molecule has 0 spiro atoms. The molecule has 1 aromatic carbocycles. The molecule has 1 aromatic rings. The fraction of sp³-hybridized carbons (Fsp3) is 0.462. The van der Waals surface area contributed by atoms with E-state index in [0.29, 0.717) is 25.4 Å². The first kappa shape index (κ1) is 14.4. The minimum atomic E-state index is -4.32. The molecule has 0 saturated carbocycles. The van der Waals surface area contributed by atoms with E-state index in [2.05, 4.69) is 15.9 Å². The molecule has 0 aromatic heterocycles. The highest BCUT2D eigenvalue weighted by molar-refractivity contribution is 9.09. The minimum absolute atomic E-state index is 0.0596. The normalized spacial score (nSPS) is 20.1. The third-order valence-corrected chi connectivity index (χ3v) is 4.08. The van der Waals surface area contributed by atoms with Gasteiger partial charge in [-0.15, -0.1) is 0 Å². The Morgan fingerprint density at radius 1 is 1.26 bits per heavy atom. The first-order valence-electron chi connectivity index (χ1n) is 5.90. The van der Waals surface area contributed by atoms with Gasteiger partial charge in [0.05, 0.1) is 5.56 Å². The van der Waals surface area contributed by atoms with Gasteiger partial charge in [-0.05, 0) is 23.6 Å². The van der Waals surface area contributed by atoms with Gasteiger partial charge in [0.15, 0.2) is 0 Å². The van der Waals surface area contributed by atoms with Crippen LogP contribution >= 0.6 is 15.9 Å². The van der Waals surface area contributed by atoms with Crippen molar-refractivity contribution in [2.24, 2.45) is 5.92 Å². The van der Waals surface area contributed by atoms with Crippen molar-refractivity contribution in [3.8, 4) is 0 Å². The quantitative estimate of drug-likeness (QED) is 0.775. The average Bonchev–Trinajstić information content (AvgIpc) is 2.70. The number of benzene rings is 1. The van der Waals surface area contributed by atoms with Crippen molar-refractivity contribution in [2.75, 3.05) is 11.9 Å². The predicted octanol–water partition coefficient (Wildman–Crippen LogP) is 3.45. The highest BCUT2D eigenvalue weighted by atomic mass is 79.9. The molecule has 19 heavy (non-hydrogen) atoms. The average molecular weight is 336 g/mol. The standard InChI is InChI=1S/C13H13BrF3NO/c14-6-10-5-12(19)18(8-10)7-9-1-3-11(4-2-9)13(15,16)17/h1-4,10H,5-8H2. The number of likely N-dealkylation sites (tertiary alicyclic amines) is 1. The number of hydrogen-bond acceptors (Lipinski definition) is 1. The summed E-state index contributed by atoms with van der Waals surface area (Å²) in [7, 11) is 0. The van der Waals surface area contributed by atoms with Crippen molar-refractivity contribution in [1.82, 2.24) is 4.90 Å². The number of hydrogen-bond donors (Lipinski definition) is 0. The van der Waals surface area contributed by atoms with Crippen LogP contribution in [-0.2, 0) is 17.5 Å². The maximum atomic E-state index is 12.4. The van der Waals surface area contributed by atoms with Crippen LogP contribution in [0.1, 0.15) is 17.5 Å². The molecule has 0 N–H and O–H groups in total. The van der Waals surface area contributed by atoms with Crippen molar-refractivity contribution >= 4 is 21.8 Å². The van der Waals surface area contributed by atoms with Gasteiger partial charge in [0.1, 0.15) is 0 Å². The Hall–Kier alpha value is -1.04. The van der Waals surface area contributed by atoms with E-state index in [1.165, 1.54) is 12.1 Å². The van der Waals surface area contributed by atoms with Crippen molar-refractivity contribution < 1.29 is 18.0 Å². The first-order chi connectivity index (χ1) is 8.90. The lowest BCUT2D eigenvalue weighted by atomic mass is 10.1. The van der Waals surface area contributed by atoms with E-state index in [0.717, 1.165) is 23.0 Å². The molecule has 0 bridgehead atoms. The maximum absolute atomic E-state index is 12.4. The molecule has 2 rings (SSSR count). The number of carbonyl (C=O) groups is 1. The first-order valence-corrected chi connectivity index (χ1v) is 7.02. The zero-order chi connectivity index (χ0) is 14.0. The Labute approximate surface area is 117 Å². The Morgan fingerprint density at radius 3 is 2.37 bits per heavy atom. The van der Waals surface area contributed by atoms with Gasteiger partial charge >= 0.3 is 6.18 Å². The summed E-state index contributed by atoms with van der Waals surface area (Å²) in [6, 6.07) is 4.96. The summed E-state index contributed by atoms with van der Waals surface area (Å²) >= 11 is 3.34. The lowest BCUT2D eigenvalue weighted by Gasteiger charge is -2.16. The molecule has 104 valence electrons. The van der Waals surface area contributed by atoms with Crippen molar-refractivity contribution in [3.05, 3.63) is 35.4 Å². The van der Waals surface area contributed by atoms with Crippen LogP contribution in [0.5, 0.6) is 0 Å². The molecule has 1 fully saturated rings. The fourth-order valence-electron chi connectivity index (χ4n) is 2.13. The molecular formula is C13H13BrF3NO. The second kappa shape index (κ2) is 5.53. The highest BCUT2D eigenvalue weighted by Crippen LogP contribution is 2.29. The van der Waals surface area contributed by atoms with E-state index in [9.17, 15) is 18.0 Å². The van der Waals surface area contributed by atoms with Crippen LogP contribution < -0.4 is 0 Å². The monoisotopic (exact) mass is 335 g/mol. The minimum Gasteiger partial charge on any atom is -0.338 e. The summed E-state index contributed by atoms with van der Waals surface area (Å²) in [6.07, 6.45) is -3.81. The van der Waals surface area contributed by atoms with E-state index in [1.54, 1.807) is 4.90 Å². The molecule has 1 aliphatic heterocycles. The number of halogens is 4. The van der Waals surface area contributed by atoms with Gasteiger partial charge in [-0.2, -0.15) is 13.2 Å². The summed E-state index contributed by atoms with van der Waals surface area (Å²) in [6.45, 7) is 1.03. The Balaban J connectivity index is 2.02. The molecule has 6 heteroatoms. The zero-order valence-corrected chi connectivity index (χ0v) is 11.7. The van der Waals surface area contributed by atoms with Gasteiger partial charge in [0, 0.05) is 24.8 Å². The molecule has 1 saturated heterocycles. The molecule has 1 heterocycles. The lowest BCUT2D eigenvalue weighted by molar-refractivity contribution is -0.137. The second-order valence-corrected chi connectivity index (χ2v) is 5.34. The molecule has 0 aliphatic carbocycles. The van der Waals surface area contributed by atoms with E-state index in [4.69, 9.17) is 0 Å². The highest BCUT2D eigenvalue weighted by Gasteiger charge is 2.31. The fourth-order valence-corrected chi connectivity index (χ4v) is 2.56. The molecule has 0 radical (unpaired) electrons. The molecule has 1 unspecified atom stereocenters. The van der Waals surface area contributed by atoms with E-state index in [-0.39, 0.29) is 5.91 Å². The van der Waals surface area contributed by atoms with Crippen LogP contribution in [0.4, 0.5) is 13.2 Å². The number of alkyl halides is 4. The third kappa shape index (κ3) is 3.49. The Morgan fingerprint density at radius 2 is 1.89 bits per heavy atom. The zero-order valence-electron chi connectivity index (χ0n) is 10.1. The van der Waals surface area contributed by atoms with Gasteiger partial charge in [-0.3, -0.25) is 4.79 Å². The van der Waals surface area contributed by atoms with E-state index >= 15 is 0 Å². The summed E-state index contributed by atoms with van der Waals surface area (Å²) in [5.74, 6) is 0.353. The van der Waals surface area contributed by atoms with Gasteiger partial charge in [0.2, 0.25) is 5.91 Å². The molecule has 2 nitrogen and oxygen atoms in total. The molecule has 1 aliphatic rings. The summed E-state index contributed by atoms with van der Waals surface area (Å²) in [5.41, 5.74) is 0.0545. The number of carbonyl (C=O) groups excluding carboxylic acids is 1. The van der Waals surface area contributed by atoms with Gasteiger partial charge in [0.25, 0.3) is 0 Å². The third-order valence-electron chi connectivity index (χ3n) is 3.17. The molecular weight excluding hydrogens is 323 g/mol. The van der Waals surface area contributed by atoms with Crippen LogP contribution in [-0.4, -0.2) is 22.7 Å². The van der Waals surface area contributed by atoms with E-state index < -0.39 is 11.7 Å². The van der Waals surface area contributed by atoms with Crippen LogP contribution in [0, 0.1) is 5.92 Å². The van der Waals surface area contributed by atoms with E-state index in [1.807, 2.05) is 0 Å². The summed E-state index contributed by atoms with van der Waals surface area (Å²) in [4.78, 5) is 13.4. The van der Waals surface area contributed by atoms with Gasteiger partial charge in [-0.1, -0.05) is 28.1 Å². The SMILES string of the molecule is O=C1CC(CBr)CN1Cc1ccc(C(F)(F)F)cc1. The topological polar surface area (TPSA) is 20.3 Å². The Bertz CT molecular complexity index is 458. The van der Waals surface area contributed by atoms with Crippen LogP contribution in [0.3, 0.4) is 0 Å². The summed E-state index contributed by atoms with van der Waals surface area (Å²) in [5, 5.41) is 0.766. The second-order valence-electron chi connectivity index (χ2n) is 4.69. The molecule has 1 atom stereocenters. The van der Waals surface area contributed by atoms with Gasteiger partial charge in [-0.25, -0.2) is 0 Å². The van der Waals surface area contributed by atoms with Crippen LogP contribution in [0.25, 0.3) is 0 Å². The number of amides is 1. The smallest absolute Gasteiger partial charge is 0.338 e. The van der Waals surface area contributed by atoms with Crippen molar-refractivity contribution in [3.63, 3.8) is 0 Å². The van der Waals surface area contributed by atoms with Crippen LogP contribution in [0.2, 0.25) is 0 Å². The van der Waals surface area contributed by atoms with Gasteiger partial charge < -0.3 is 4.90 Å². The maximum Gasteiger partial charge on any atom is 0.416 e. The Kier molecular flexibility index (Phi) is 4.18. The summed E-state index contributed by atoms with van der Waals surface area (Å²) < 4.78 is 37.2. The molecule has 1 amide bonds. The number of nitrogens with zero attached hydrogens (tertiary/aromatic N) is 1. The van der Waals surface area contributed by atoms with Crippen molar-refractivity contribution in [1.29, 1.82) is 0 Å². The van der Waals surface area contributed by atoms with Crippen molar-refractivity contribution in [2.45, 2.75) is 19.1 Å².